The number of halogens is 1. The normalized spacial score (nSPS) is 10.4. The average Bonchev–Trinajstić information content (AvgIpc) is 3.25. The van der Waals surface area contributed by atoms with Crippen LogP contribution >= 0.6 is 34.3 Å². The molecule has 0 aliphatic rings. The molecule has 1 N–H and O–H groups in total. The number of carbonyl (C=O) groups is 2. The van der Waals surface area contributed by atoms with Gasteiger partial charge in [0.15, 0.2) is 12.3 Å². The summed E-state index contributed by atoms with van der Waals surface area (Å²) in [5, 5.41) is 7.25. The van der Waals surface area contributed by atoms with E-state index >= 15 is 0 Å². The lowest BCUT2D eigenvalue weighted by Crippen LogP contribution is -2.21. The van der Waals surface area contributed by atoms with E-state index in [9.17, 15) is 9.59 Å². The number of thiazole rings is 1. The summed E-state index contributed by atoms with van der Waals surface area (Å²) < 4.78 is 4.96. The molecule has 0 spiro atoms. The van der Waals surface area contributed by atoms with Gasteiger partial charge in [-0.1, -0.05) is 17.7 Å². The maximum Gasteiger partial charge on any atom is 0.358 e. The fourth-order valence-corrected chi connectivity index (χ4v) is 3.43. The van der Waals surface area contributed by atoms with Gasteiger partial charge >= 0.3 is 5.97 Å². The Morgan fingerprint density at radius 2 is 2.12 bits per heavy atom. The van der Waals surface area contributed by atoms with Crippen molar-refractivity contribution in [2.45, 2.75) is 0 Å². The van der Waals surface area contributed by atoms with Gasteiger partial charge in [0.05, 0.1) is 9.90 Å². The minimum Gasteiger partial charge on any atom is -0.451 e. The van der Waals surface area contributed by atoms with E-state index in [4.69, 9.17) is 16.3 Å². The van der Waals surface area contributed by atoms with Crippen molar-refractivity contribution >= 4 is 52.0 Å². The highest BCUT2D eigenvalue weighted by atomic mass is 35.5. The predicted octanol–water partition coefficient (Wildman–Crippen LogP) is 3.72. The summed E-state index contributed by atoms with van der Waals surface area (Å²) in [6.45, 7) is -0.422. The molecule has 0 radical (unpaired) electrons. The quantitative estimate of drug-likeness (QED) is 0.683. The maximum atomic E-state index is 11.9. The molecule has 0 aromatic carbocycles. The van der Waals surface area contributed by atoms with Gasteiger partial charge in [-0.25, -0.2) is 14.8 Å². The molecule has 0 aliphatic heterocycles. The first kappa shape index (κ1) is 16.6. The Hall–Kier alpha value is -2.29. The van der Waals surface area contributed by atoms with Crippen molar-refractivity contribution in [2.75, 3.05) is 11.9 Å². The van der Waals surface area contributed by atoms with E-state index < -0.39 is 18.5 Å². The number of carbonyl (C=O) groups excluding carboxylic acids is 2. The summed E-state index contributed by atoms with van der Waals surface area (Å²) in [5.74, 6) is -0.811. The van der Waals surface area contributed by atoms with Crippen molar-refractivity contribution in [1.82, 2.24) is 9.97 Å². The molecule has 3 aromatic rings. The Bertz CT molecular complexity index is 847. The number of nitrogens with one attached hydrogen (secondary N) is 1. The number of nitrogens with zero attached hydrogens (tertiary/aromatic N) is 2. The van der Waals surface area contributed by atoms with E-state index in [0.717, 1.165) is 9.88 Å². The van der Waals surface area contributed by atoms with Crippen molar-refractivity contribution < 1.29 is 14.3 Å². The summed E-state index contributed by atoms with van der Waals surface area (Å²) in [5.41, 5.74) is 0.181. The third kappa shape index (κ3) is 4.16. The first-order valence-corrected chi connectivity index (χ1v) is 8.83. The largest absolute Gasteiger partial charge is 0.451 e. The number of amides is 1. The van der Waals surface area contributed by atoms with Gasteiger partial charge in [-0.15, -0.1) is 22.7 Å². The third-order valence-corrected chi connectivity index (χ3v) is 4.88. The van der Waals surface area contributed by atoms with Crippen LogP contribution in [0.3, 0.4) is 0 Å². The van der Waals surface area contributed by atoms with E-state index in [1.54, 1.807) is 17.5 Å². The number of rotatable bonds is 5. The minimum atomic E-state index is -0.645. The molecular weight excluding hydrogens is 370 g/mol. The lowest BCUT2D eigenvalue weighted by atomic mass is 10.4. The average molecular weight is 380 g/mol. The van der Waals surface area contributed by atoms with Crippen molar-refractivity contribution in [1.29, 1.82) is 0 Å². The SMILES string of the molecule is O=C(COC(=O)c1csc(-c2cccs2)n1)Nc1ccc(Cl)cn1. The molecule has 0 fully saturated rings. The standard InChI is InChI=1S/C15H10ClN3O3S2/c16-9-3-4-12(17-6-9)19-13(20)7-22-15(21)10-8-24-14(18-10)11-2-1-5-23-11/h1-6,8H,7H2,(H,17,19,20). The Labute approximate surface area is 150 Å². The molecule has 3 rings (SSSR count). The lowest BCUT2D eigenvalue weighted by Gasteiger charge is -2.04. The molecule has 24 heavy (non-hydrogen) atoms. The molecule has 122 valence electrons. The van der Waals surface area contributed by atoms with Crippen LogP contribution in [0.2, 0.25) is 5.02 Å². The Kier molecular flexibility index (Phi) is 5.19. The predicted molar refractivity (Wildman–Crippen MR) is 93.6 cm³/mol. The topological polar surface area (TPSA) is 81.2 Å². The smallest absolute Gasteiger partial charge is 0.358 e. The molecule has 0 atom stereocenters. The molecule has 3 aromatic heterocycles. The molecule has 3 heterocycles. The maximum absolute atomic E-state index is 11.9. The Balaban J connectivity index is 1.53. The molecule has 0 unspecified atom stereocenters. The number of esters is 1. The van der Waals surface area contributed by atoms with Crippen molar-refractivity contribution in [3.05, 3.63) is 51.9 Å². The van der Waals surface area contributed by atoms with E-state index in [1.807, 2.05) is 17.5 Å². The van der Waals surface area contributed by atoms with Gasteiger partial charge in [0, 0.05) is 11.6 Å². The molecule has 0 saturated heterocycles. The zero-order valence-electron chi connectivity index (χ0n) is 12.1. The summed E-state index contributed by atoms with van der Waals surface area (Å²) in [6.07, 6.45) is 1.41. The van der Waals surface area contributed by atoms with Crippen LogP contribution in [0.1, 0.15) is 10.5 Å². The number of pyridine rings is 1. The van der Waals surface area contributed by atoms with Gasteiger partial charge in [0.25, 0.3) is 5.91 Å². The summed E-state index contributed by atoms with van der Waals surface area (Å²) in [4.78, 5) is 32.8. The summed E-state index contributed by atoms with van der Waals surface area (Å²) in [6, 6.07) is 6.98. The van der Waals surface area contributed by atoms with Crippen LogP contribution in [-0.2, 0) is 9.53 Å². The number of hydrogen-bond donors (Lipinski definition) is 1. The van der Waals surface area contributed by atoms with Gasteiger partial charge in [0.1, 0.15) is 10.8 Å². The second-order valence-electron chi connectivity index (χ2n) is 4.50. The highest BCUT2D eigenvalue weighted by Crippen LogP contribution is 2.27. The van der Waals surface area contributed by atoms with Crippen molar-refractivity contribution in [3.63, 3.8) is 0 Å². The van der Waals surface area contributed by atoms with Crippen molar-refractivity contribution in [2.24, 2.45) is 0 Å². The van der Waals surface area contributed by atoms with E-state index in [1.165, 1.54) is 28.9 Å². The number of ether oxygens (including phenoxy) is 1. The molecule has 1 amide bonds. The second kappa shape index (κ2) is 7.52. The first-order valence-electron chi connectivity index (χ1n) is 6.70. The highest BCUT2D eigenvalue weighted by molar-refractivity contribution is 7.20. The van der Waals surface area contributed by atoms with Crippen LogP contribution < -0.4 is 5.32 Å². The van der Waals surface area contributed by atoms with Gasteiger partial charge in [0.2, 0.25) is 0 Å². The molecule has 0 bridgehead atoms. The van der Waals surface area contributed by atoms with E-state index in [-0.39, 0.29) is 5.69 Å². The highest BCUT2D eigenvalue weighted by Gasteiger charge is 2.15. The number of aromatic nitrogens is 2. The Morgan fingerprint density at radius 1 is 1.25 bits per heavy atom. The van der Waals surface area contributed by atoms with Gasteiger partial charge in [-0.3, -0.25) is 4.79 Å². The van der Waals surface area contributed by atoms with Crippen LogP contribution in [-0.4, -0.2) is 28.5 Å². The van der Waals surface area contributed by atoms with Gasteiger partial charge in [-0.05, 0) is 23.6 Å². The number of hydrogen-bond acceptors (Lipinski definition) is 7. The molecule has 0 saturated carbocycles. The van der Waals surface area contributed by atoms with Crippen molar-refractivity contribution in [3.8, 4) is 9.88 Å². The third-order valence-electron chi connectivity index (χ3n) is 2.77. The lowest BCUT2D eigenvalue weighted by molar-refractivity contribution is -0.119. The summed E-state index contributed by atoms with van der Waals surface area (Å²) >= 11 is 8.59. The second-order valence-corrected chi connectivity index (χ2v) is 6.74. The number of anilines is 1. The minimum absolute atomic E-state index is 0.181. The fourth-order valence-electron chi connectivity index (χ4n) is 1.71. The molecular formula is C15H10ClN3O3S2. The van der Waals surface area contributed by atoms with Crippen LogP contribution in [0.5, 0.6) is 0 Å². The van der Waals surface area contributed by atoms with Gasteiger partial charge in [-0.2, -0.15) is 0 Å². The fraction of sp³-hybridized carbons (Fsp3) is 0.0667. The van der Waals surface area contributed by atoms with Crippen LogP contribution in [0.25, 0.3) is 9.88 Å². The molecule has 9 heteroatoms. The first-order chi connectivity index (χ1) is 11.6. The summed E-state index contributed by atoms with van der Waals surface area (Å²) in [7, 11) is 0. The zero-order valence-corrected chi connectivity index (χ0v) is 14.5. The van der Waals surface area contributed by atoms with Crippen LogP contribution in [0.4, 0.5) is 5.82 Å². The molecule has 6 nitrogen and oxygen atoms in total. The van der Waals surface area contributed by atoms with E-state index in [2.05, 4.69) is 15.3 Å². The number of thiophene rings is 1. The van der Waals surface area contributed by atoms with Crippen LogP contribution in [0, 0.1) is 0 Å². The monoisotopic (exact) mass is 379 g/mol. The Morgan fingerprint density at radius 3 is 2.83 bits per heavy atom. The molecule has 0 aliphatic carbocycles. The van der Waals surface area contributed by atoms with Crippen LogP contribution in [0.15, 0.2) is 41.2 Å². The van der Waals surface area contributed by atoms with Gasteiger partial charge < -0.3 is 10.1 Å². The zero-order chi connectivity index (χ0) is 16.9. The van der Waals surface area contributed by atoms with E-state index in [0.29, 0.717) is 10.8 Å².